The van der Waals surface area contributed by atoms with Crippen LogP contribution in [0.15, 0.2) is 54.9 Å². The van der Waals surface area contributed by atoms with Gasteiger partial charge < -0.3 is 28.6 Å². The number of methoxy groups -OCH3 is 2. The number of nitrogens with one attached hydrogen (secondary N) is 1. The second kappa shape index (κ2) is 24.6. The monoisotopic (exact) mass is 759 g/mol. The molecule has 3 saturated heterocycles. The summed E-state index contributed by atoms with van der Waals surface area (Å²) in [5.41, 5.74) is 2.42. The minimum absolute atomic E-state index is 0.0763. The Labute approximate surface area is 327 Å². The number of hydrogen-bond donors (Lipinski definition) is 1. The molecular weight excluding hydrogens is 684 g/mol. The van der Waals surface area contributed by atoms with Crippen LogP contribution in [0.4, 0.5) is 0 Å². The summed E-state index contributed by atoms with van der Waals surface area (Å²) < 4.78 is 26.7. The Morgan fingerprint density at radius 3 is 1.48 bits per heavy atom. The van der Waals surface area contributed by atoms with Gasteiger partial charge in [-0.3, -0.25) is 19.6 Å². The van der Waals surface area contributed by atoms with Gasteiger partial charge in [0.1, 0.15) is 18.3 Å². The van der Waals surface area contributed by atoms with Gasteiger partial charge in [0, 0.05) is 40.7 Å². The van der Waals surface area contributed by atoms with Crippen LogP contribution in [0.1, 0.15) is 86.6 Å². The van der Waals surface area contributed by atoms with Crippen LogP contribution in [0.2, 0.25) is 0 Å². The molecule has 0 aliphatic carbocycles. The molecule has 308 valence electrons. The van der Waals surface area contributed by atoms with Crippen LogP contribution >= 0.6 is 0 Å². The average molecular weight is 759 g/mol. The molecule has 1 aromatic heterocycles. The lowest BCUT2D eigenvalue weighted by Crippen LogP contribution is -2.30. The van der Waals surface area contributed by atoms with Crippen molar-refractivity contribution in [2.45, 2.75) is 119 Å². The highest BCUT2D eigenvalue weighted by Gasteiger charge is 2.40. The number of carbonyl (C=O) groups is 2. The third kappa shape index (κ3) is 15.7. The lowest BCUT2D eigenvalue weighted by atomic mass is 9.89. The molecule has 5 rings (SSSR count). The standard InChI is InChI=1S/C12H21NO2.C10H16N2O.C9H16O2.C7H8.C5H13NO2/c1-8-9(2)12(15-10(8)3)11(14)6-7-13(4)5;1-6-7(2)10(13-8(6)3)9-4-5-11-12-9;1-5-6(2)9(7(3)10)11-8(5)4;1-7-5-3-2-4-6-7;1-6(2)5(7-3)8-4/h6-10,12H,1-5H3;4-8,10H,1-3H3,(H,11,12);5-6,8-9H,1-4H3;2-6H,1H3;5H,1-4H3/b7-6-;;;;/t8-,9+,10+,12+;6-,7+,8+,10?;5-,6+,8+,9+;;/m111../s1. The maximum absolute atomic E-state index is 11.8. The summed E-state index contributed by atoms with van der Waals surface area (Å²) >= 11 is 0. The Kier molecular flexibility index (Phi) is 22.3. The largest absolute Gasteiger partial charge is 0.383 e. The van der Waals surface area contributed by atoms with Crippen molar-refractivity contribution in [3.05, 3.63) is 66.1 Å². The number of hydrogen-bond acceptors (Lipinski definition) is 10. The fourth-order valence-corrected chi connectivity index (χ4v) is 6.49. The molecule has 2 aromatic rings. The number of aromatic amines is 1. The highest BCUT2D eigenvalue weighted by atomic mass is 16.7. The van der Waals surface area contributed by atoms with Crippen molar-refractivity contribution in [2.24, 2.45) is 35.5 Å². The van der Waals surface area contributed by atoms with E-state index < -0.39 is 0 Å². The van der Waals surface area contributed by atoms with E-state index >= 15 is 0 Å². The predicted molar refractivity (Wildman–Crippen MR) is 217 cm³/mol. The minimum atomic E-state index is -0.258. The topological polar surface area (TPSA) is 115 Å². The molecule has 3 aliphatic rings. The van der Waals surface area contributed by atoms with Crippen LogP contribution in [-0.4, -0.2) is 111 Å². The number of carbonyl (C=O) groups excluding carboxylic acids is 2. The number of Topliss-reactive ketones (excluding diaryl/α,β-unsaturated/α-hetero) is 1. The predicted octanol–water partition coefficient (Wildman–Crippen LogP) is 7.59. The minimum Gasteiger partial charge on any atom is -0.383 e. The van der Waals surface area contributed by atoms with Crippen molar-refractivity contribution in [1.29, 1.82) is 0 Å². The molecule has 12 atom stereocenters. The Morgan fingerprint density at radius 2 is 1.20 bits per heavy atom. The zero-order chi connectivity index (χ0) is 41.3. The van der Waals surface area contributed by atoms with E-state index in [1.807, 2.05) is 76.1 Å². The number of H-pyrrole nitrogens is 1. The zero-order valence-electron chi connectivity index (χ0n) is 36.4. The molecule has 1 aromatic carbocycles. The molecule has 0 radical (unpaired) electrons. The third-order valence-corrected chi connectivity index (χ3v) is 11.0. The van der Waals surface area contributed by atoms with Gasteiger partial charge >= 0.3 is 0 Å². The molecule has 0 spiro atoms. The molecule has 4 heterocycles. The molecule has 0 amide bonds. The first-order valence-corrected chi connectivity index (χ1v) is 19.4. The maximum atomic E-state index is 11.8. The van der Waals surface area contributed by atoms with Crippen molar-refractivity contribution in [3.63, 3.8) is 0 Å². The zero-order valence-corrected chi connectivity index (χ0v) is 36.4. The highest BCUT2D eigenvalue weighted by molar-refractivity contribution is 5.93. The van der Waals surface area contributed by atoms with E-state index in [4.69, 9.17) is 23.7 Å². The second-order valence-corrected chi connectivity index (χ2v) is 15.6. The van der Waals surface area contributed by atoms with E-state index in [9.17, 15) is 9.59 Å². The van der Waals surface area contributed by atoms with Gasteiger partial charge in [0.15, 0.2) is 11.6 Å². The molecule has 1 N–H and O–H groups in total. The lowest BCUT2D eigenvalue weighted by molar-refractivity contribution is -0.179. The van der Waals surface area contributed by atoms with Gasteiger partial charge in [-0.25, -0.2) is 0 Å². The van der Waals surface area contributed by atoms with Crippen LogP contribution in [0.3, 0.4) is 0 Å². The summed E-state index contributed by atoms with van der Waals surface area (Å²) in [5.74, 6) is 3.06. The summed E-state index contributed by atoms with van der Waals surface area (Å²) in [6.07, 6.45) is 5.49. The summed E-state index contributed by atoms with van der Waals surface area (Å²) in [5, 5.41) is 6.92. The van der Waals surface area contributed by atoms with E-state index in [-0.39, 0.29) is 48.5 Å². The Hall–Kier alpha value is -2.93. The van der Waals surface area contributed by atoms with Gasteiger partial charge in [0.25, 0.3) is 0 Å². The summed E-state index contributed by atoms with van der Waals surface area (Å²) in [7, 11) is 10.8. The summed E-state index contributed by atoms with van der Waals surface area (Å²) in [4.78, 5) is 26.5. The number of benzene rings is 1. The quantitative estimate of drug-likeness (QED) is 0.213. The molecule has 1 unspecified atom stereocenters. The number of nitrogens with zero attached hydrogens (tertiary/aromatic N) is 3. The smallest absolute Gasteiger partial charge is 0.217 e. The molecule has 0 saturated carbocycles. The van der Waals surface area contributed by atoms with E-state index in [2.05, 4.69) is 77.7 Å². The van der Waals surface area contributed by atoms with E-state index in [1.54, 1.807) is 39.6 Å². The second-order valence-electron chi connectivity index (χ2n) is 15.6. The van der Waals surface area contributed by atoms with Crippen LogP contribution < -0.4 is 0 Å². The van der Waals surface area contributed by atoms with Crippen molar-refractivity contribution < 1.29 is 33.3 Å². The SMILES string of the molecule is CC(=O)[C@H]1O[C@@H](C)[C@H](C)[C@@H]1C.COC(OC)N(C)C.C[C@@H]1[C@H](C)[C@@H](C(=O)/C=C\N(C)C)O[C@H]1C.C[C@H]1[C@H](C)OC(c2ccn[nH]2)[C@H]1C.Cc1ccccc1. The van der Waals surface area contributed by atoms with Crippen LogP contribution in [0.25, 0.3) is 0 Å². The fraction of sp³-hybridized carbons (Fsp3) is 0.698. The number of ether oxygens (including phenoxy) is 5. The maximum Gasteiger partial charge on any atom is 0.217 e. The molecular formula is C43H74N4O7. The van der Waals surface area contributed by atoms with E-state index in [0.29, 0.717) is 41.6 Å². The van der Waals surface area contributed by atoms with Gasteiger partial charge in [-0.15, -0.1) is 0 Å². The van der Waals surface area contributed by atoms with Gasteiger partial charge in [-0.1, -0.05) is 77.4 Å². The number of aromatic nitrogens is 2. The Balaban J connectivity index is 0.000000346. The summed E-state index contributed by atoms with van der Waals surface area (Å²) in [6, 6.07) is 12.3. The van der Waals surface area contributed by atoms with Gasteiger partial charge in [0.2, 0.25) is 6.41 Å². The van der Waals surface area contributed by atoms with Crippen molar-refractivity contribution in [3.8, 4) is 0 Å². The van der Waals surface area contributed by atoms with Gasteiger partial charge in [-0.05, 0) is 96.4 Å². The third-order valence-electron chi connectivity index (χ3n) is 11.0. The first-order chi connectivity index (χ1) is 25.3. The normalized spacial score (nSPS) is 31.4. The molecule has 3 fully saturated rings. The summed E-state index contributed by atoms with van der Waals surface area (Å²) in [6.45, 7) is 22.8. The highest BCUT2D eigenvalue weighted by Crippen LogP contribution is 2.40. The first-order valence-electron chi connectivity index (χ1n) is 19.4. The molecule has 0 bridgehead atoms. The van der Waals surface area contributed by atoms with Crippen LogP contribution in [-0.2, 0) is 33.3 Å². The Bertz CT molecular complexity index is 1330. The van der Waals surface area contributed by atoms with Gasteiger partial charge in [-0.2, -0.15) is 5.10 Å². The van der Waals surface area contributed by atoms with E-state index in [0.717, 1.165) is 5.69 Å². The molecule has 3 aliphatic heterocycles. The molecule has 11 heteroatoms. The molecule has 11 nitrogen and oxygen atoms in total. The van der Waals surface area contributed by atoms with Gasteiger partial charge in [0.05, 0.1) is 24.0 Å². The fourth-order valence-electron chi connectivity index (χ4n) is 6.49. The van der Waals surface area contributed by atoms with Crippen LogP contribution in [0.5, 0.6) is 0 Å². The number of rotatable bonds is 8. The molecule has 54 heavy (non-hydrogen) atoms. The Morgan fingerprint density at radius 1 is 0.722 bits per heavy atom. The van der Waals surface area contributed by atoms with Crippen molar-refractivity contribution in [2.75, 3.05) is 42.4 Å². The lowest BCUT2D eigenvalue weighted by Gasteiger charge is -2.19. The van der Waals surface area contributed by atoms with Crippen molar-refractivity contribution >= 4 is 11.6 Å². The number of ketones is 2. The van der Waals surface area contributed by atoms with Crippen molar-refractivity contribution in [1.82, 2.24) is 20.0 Å². The van der Waals surface area contributed by atoms with E-state index in [1.165, 1.54) is 5.56 Å². The number of aryl methyl sites for hydroxylation is 1. The average Bonchev–Trinajstić information content (AvgIpc) is 3.88. The van der Waals surface area contributed by atoms with Crippen LogP contribution in [0, 0.1) is 42.4 Å². The first kappa shape index (κ1) is 49.1.